The molecule has 1 aromatic heterocycles. The number of halogens is 1. The summed E-state index contributed by atoms with van der Waals surface area (Å²) in [4.78, 5) is 0. The van der Waals surface area contributed by atoms with Gasteiger partial charge in [-0.1, -0.05) is 46.2 Å². The molecule has 0 amide bonds. The van der Waals surface area contributed by atoms with Crippen LogP contribution in [0.3, 0.4) is 0 Å². The molecule has 1 aromatic rings. The van der Waals surface area contributed by atoms with E-state index in [0.717, 1.165) is 12.2 Å². The van der Waals surface area contributed by atoms with Crippen LogP contribution in [0.25, 0.3) is 0 Å². The first-order valence-corrected chi connectivity index (χ1v) is 5.63. The number of rotatable bonds is 2. The molecule has 3 nitrogen and oxygen atoms in total. The van der Waals surface area contributed by atoms with Crippen molar-refractivity contribution in [1.82, 2.24) is 9.78 Å². The lowest BCUT2D eigenvalue weighted by molar-refractivity contribution is 0.469. The molecule has 0 aliphatic carbocycles. The Morgan fingerprint density at radius 2 is 1.93 bits per heavy atom. The van der Waals surface area contributed by atoms with Gasteiger partial charge in [-0.25, -0.2) is 4.68 Å². The second kappa shape index (κ2) is 4.05. The summed E-state index contributed by atoms with van der Waals surface area (Å²) in [6.07, 6.45) is 0. The largest absolute Gasteiger partial charge is 0.383 e. The zero-order chi connectivity index (χ0) is 11.8. The van der Waals surface area contributed by atoms with E-state index in [1.54, 1.807) is 4.68 Å². The van der Waals surface area contributed by atoms with Gasteiger partial charge >= 0.3 is 0 Å². The van der Waals surface area contributed by atoms with E-state index in [1.807, 2.05) is 0 Å². The normalized spacial score (nSPS) is 12.5. The third-order valence-electron chi connectivity index (χ3n) is 2.18. The number of nitrogens with two attached hydrogens (primary N) is 1. The molecule has 0 saturated carbocycles. The fourth-order valence-electron chi connectivity index (χ4n) is 1.42. The summed E-state index contributed by atoms with van der Waals surface area (Å²) in [5.41, 5.74) is 6.73. The molecule has 0 spiro atoms. The van der Waals surface area contributed by atoms with Crippen molar-refractivity contribution < 1.29 is 0 Å². The van der Waals surface area contributed by atoms with Crippen LogP contribution in [0.1, 0.15) is 40.3 Å². The van der Waals surface area contributed by atoms with E-state index in [4.69, 9.17) is 17.3 Å². The maximum Gasteiger partial charge on any atom is 0.140 e. The number of nitrogen functional groups attached to an aromatic ring is 1. The van der Waals surface area contributed by atoms with E-state index in [1.165, 1.54) is 0 Å². The van der Waals surface area contributed by atoms with Crippen LogP contribution in [0.15, 0.2) is 0 Å². The Morgan fingerprint density at radius 1 is 1.40 bits per heavy atom. The summed E-state index contributed by atoms with van der Waals surface area (Å²) in [6.45, 7) is 11.3. The lowest BCUT2D eigenvalue weighted by atomic mass is 9.92. The van der Waals surface area contributed by atoms with Gasteiger partial charge in [-0.2, -0.15) is 5.10 Å². The van der Waals surface area contributed by atoms with Gasteiger partial charge in [0.05, 0.1) is 5.69 Å². The molecule has 4 heteroatoms. The molecule has 1 heterocycles. The quantitative estimate of drug-likeness (QED) is 0.847. The molecule has 0 unspecified atom stereocenters. The zero-order valence-electron chi connectivity index (χ0n) is 10.1. The Balaban J connectivity index is 3.13. The molecule has 1 rings (SSSR count). The van der Waals surface area contributed by atoms with Gasteiger partial charge in [0.25, 0.3) is 0 Å². The average Bonchev–Trinajstić information content (AvgIpc) is 2.30. The standard InChI is InChI=1S/C11H20ClN3/c1-7(2)6-15-10(13)8(12)9(14-15)11(3,4)5/h7H,6,13H2,1-5H3. The molecule has 0 atom stereocenters. The molecule has 0 bridgehead atoms. The van der Waals surface area contributed by atoms with Crippen molar-refractivity contribution in [3.8, 4) is 0 Å². The Labute approximate surface area is 96.6 Å². The fraction of sp³-hybridized carbons (Fsp3) is 0.727. The molecule has 0 saturated heterocycles. The maximum atomic E-state index is 6.17. The summed E-state index contributed by atoms with van der Waals surface area (Å²) >= 11 is 6.17. The van der Waals surface area contributed by atoms with Crippen molar-refractivity contribution in [1.29, 1.82) is 0 Å². The molecular weight excluding hydrogens is 210 g/mol. The predicted octanol–water partition coefficient (Wildman–Crippen LogP) is 3.07. The number of hydrogen-bond acceptors (Lipinski definition) is 2. The van der Waals surface area contributed by atoms with Gasteiger partial charge in [-0.05, 0) is 5.92 Å². The SMILES string of the molecule is CC(C)Cn1nc(C(C)(C)C)c(Cl)c1N. The molecule has 2 N–H and O–H groups in total. The first kappa shape index (κ1) is 12.4. The Morgan fingerprint density at radius 3 is 2.27 bits per heavy atom. The number of nitrogens with zero attached hydrogens (tertiary/aromatic N) is 2. The highest BCUT2D eigenvalue weighted by Crippen LogP contribution is 2.32. The Bertz CT molecular complexity index is 347. The number of hydrogen-bond donors (Lipinski definition) is 1. The van der Waals surface area contributed by atoms with E-state index in [2.05, 4.69) is 39.7 Å². The van der Waals surface area contributed by atoms with Gasteiger partial charge < -0.3 is 5.73 Å². The molecule has 0 fully saturated rings. The van der Waals surface area contributed by atoms with Gasteiger partial charge in [0, 0.05) is 12.0 Å². The van der Waals surface area contributed by atoms with Crippen molar-refractivity contribution in [2.24, 2.45) is 5.92 Å². The van der Waals surface area contributed by atoms with Gasteiger partial charge in [-0.15, -0.1) is 0 Å². The third kappa shape index (κ3) is 2.65. The van der Waals surface area contributed by atoms with Gasteiger partial charge in [0.1, 0.15) is 10.8 Å². The van der Waals surface area contributed by atoms with Crippen LogP contribution in [0, 0.1) is 5.92 Å². The summed E-state index contributed by atoms with van der Waals surface area (Å²) in [7, 11) is 0. The smallest absolute Gasteiger partial charge is 0.140 e. The van der Waals surface area contributed by atoms with Crippen LogP contribution < -0.4 is 5.73 Å². The highest BCUT2D eigenvalue weighted by atomic mass is 35.5. The highest BCUT2D eigenvalue weighted by molar-refractivity contribution is 6.33. The van der Waals surface area contributed by atoms with E-state index in [9.17, 15) is 0 Å². The highest BCUT2D eigenvalue weighted by Gasteiger charge is 2.24. The minimum absolute atomic E-state index is 0.0621. The topological polar surface area (TPSA) is 43.8 Å². The zero-order valence-corrected chi connectivity index (χ0v) is 10.9. The van der Waals surface area contributed by atoms with Crippen LogP contribution in [0.4, 0.5) is 5.82 Å². The van der Waals surface area contributed by atoms with Crippen molar-refractivity contribution >= 4 is 17.4 Å². The lowest BCUT2D eigenvalue weighted by Gasteiger charge is -2.15. The van der Waals surface area contributed by atoms with Crippen LogP contribution in [-0.4, -0.2) is 9.78 Å². The molecule has 0 radical (unpaired) electrons. The summed E-state index contributed by atoms with van der Waals surface area (Å²) in [6, 6.07) is 0. The van der Waals surface area contributed by atoms with E-state index in [0.29, 0.717) is 16.8 Å². The fourth-order valence-corrected chi connectivity index (χ4v) is 1.84. The monoisotopic (exact) mass is 229 g/mol. The van der Waals surface area contributed by atoms with Gasteiger partial charge in [0.2, 0.25) is 0 Å². The van der Waals surface area contributed by atoms with Crippen molar-refractivity contribution in [2.75, 3.05) is 5.73 Å². The minimum Gasteiger partial charge on any atom is -0.383 e. The molecule has 0 aliphatic rings. The van der Waals surface area contributed by atoms with Crippen molar-refractivity contribution in [3.63, 3.8) is 0 Å². The molecule has 0 aliphatic heterocycles. The first-order chi connectivity index (χ1) is 6.73. The molecule has 15 heavy (non-hydrogen) atoms. The lowest BCUT2D eigenvalue weighted by Crippen LogP contribution is -2.14. The second-order valence-corrected chi connectivity index (χ2v) is 5.75. The van der Waals surface area contributed by atoms with Crippen LogP contribution in [0.2, 0.25) is 5.02 Å². The third-order valence-corrected chi connectivity index (χ3v) is 2.55. The maximum absolute atomic E-state index is 6.17. The van der Waals surface area contributed by atoms with E-state index < -0.39 is 0 Å². The van der Waals surface area contributed by atoms with Gasteiger partial charge in [-0.3, -0.25) is 0 Å². The average molecular weight is 230 g/mol. The molecule has 0 aromatic carbocycles. The van der Waals surface area contributed by atoms with Crippen LogP contribution in [-0.2, 0) is 12.0 Å². The Kier molecular flexibility index (Phi) is 3.34. The summed E-state index contributed by atoms with van der Waals surface area (Å²) in [5.74, 6) is 1.09. The van der Waals surface area contributed by atoms with Gasteiger partial charge in [0.15, 0.2) is 0 Å². The minimum atomic E-state index is -0.0621. The van der Waals surface area contributed by atoms with Crippen LogP contribution in [0.5, 0.6) is 0 Å². The van der Waals surface area contributed by atoms with Crippen molar-refractivity contribution in [3.05, 3.63) is 10.7 Å². The van der Waals surface area contributed by atoms with E-state index in [-0.39, 0.29) is 5.41 Å². The number of aromatic nitrogens is 2. The summed E-state index contributed by atoms with van der Waals surface area (Å²) in [5, 5.41) is 5.08. The Hall–Kier alpha value is -0.700. The van der Waals surface area contributed by atoms with Crippen LogP contribution >= 0.6 is 11.6 Å². The first-order valence-electron chi connectivity index (χ1n) is 5.25. The number of anilines is 1. The second-order valence-electron chi connectivity index (χ2n) is 5.37. The van der Waals surface area contributed by atoms with E-state index >= 15 is 0 Å². The predicted molar refractivity (Wildman–Crippen MR) is 65.2 cm³/mol. The molecule has 86 valence electrons. The summed E-state index contributed by atoms with van der Waals surface area (Å²) < 4.78 is 1.80. The molecular formula is C11H20ClN3. The van der Waals surface area contributed by atoms with Crippen molar-refractivity contribution in [2.45, 2.75) is 46.6 Å².